The molecule has 1 atom stereocenters. The summed E-state index contributed by atoms with van der Waals surface area (Å²) in [6.45, 7) is 0. The fraction of sp³-hybridized carbons (Fsp3) is 0.231. The van der Waals surface area contributed by atoms with Crippen molar-refractivity contribution in [3.8, 4) is 0 Å². The van der Waals surface area contributed by atoms with Crippen LogP contribution in [-0.4, -0.2) is 0 Å². The molecule has 0 saturated heterocycles. The van der Waals surface area contributed by atoms with Gasteiger partial charge < -0.3 is 4.42 Å². The van der Waals surface area contributed by atoms with Gasteiger partial charge in [-0.25, -0.2) is 4.39 Å². The van der Waals surface area contributed by atoms with E-state index in [9.17, 15) is 4.39 Å². The molecule has 0 saturated carbocycles. The van der Waals surface area contributed by atoms with Crippen LogP contribution in [0.1, 0.15) is 23.8 Å². The third kappa shape index (κ3) is 3.10. The zero-order valence-electron chi connectivity index (χ0n) is 9.70. The minimum atomic E-state index is -0.357. The van der Waals surface area contributed by atoms with E-state index >= 15 is 0 Å². The average Bonchev–Trinajstić information content (AvgIpc) is 2.85. The van der Waals surface area contributed by atoms with Crippen LogP contribution in [0.4, 0.5) is 4.39 Å². The van der Waals surface area contributed by atoms with Crippen molar-refractivity contribution in [2.75, 3.05) is 0 Å². The average molecular weight is 269 g/mol. The number of aryl methyl sites for hydroxylation is 1. The van der Waals surface area contributed by atoms with Crippen LogP contribution in [0.3, 0.4) is 0 Å². The molecule has 1 aromatic carbocycles. The van der Waals surface area contributed by atoms with Crippen LogP contribution in [-0.2, 0) is 6.42 Å². The molecule has 2 aromatic rings. The molecule has 0 radical (unpaired) electrons. The predicted octanol–water partition coefficient (Wildman–Crippen LogP) is 3.21. The van der Waals surface area contributed by atoms with Gasteiger partial charge >= 0.3 is 0 Å². The lowest BCUT2D eigenvalue weighted by atomic mass is 10.0. The second-order valence-corrected chi connectivity index (χ2v) is 4.44. The van der Waals surface area contributed by atoms with Crippen LogP contribution in [0, 0.1) is 5.82 Å². The number of hydrogen-bond donors (Lipinski definition) is 2. The van der Waals surface area contributed by atoms with Crippen molar-refractivity contribution in [1.82, 2.24) is 5.43 Å². The Labute approximate surface area is 110 Å². The van der Waals surface area contributed by atoms with E-state index < -0.39 is 0 Å². The van der Waals surface area contributed by atoms with Gasteiger partial charge in [0.25, 0.3) is 0 Å². The van der Waals surface area contributed by atoms with Crippen molar-refractivity contribution >= 4 is 11.6 Å². The van der Waals surface area contributed by atoms with E-state index in [1.54, 1.807) is 18.4 Å². The highest BCUT2D eigenvalue weighted by Gasteiger charge is 2.15. The Balaban J connectivity index is 2.08. The Morgan fingerprint density at radius 3 is 2.83 bits per heavy atom. The molecule has 1 aromatic heterocycles. The second kappa shape index (κ2) is 6.00. The highest BCUT2D eigenvalue weighted by molar-refractivity contribution is 6.30. The van der Waals surface area contributed by atoms with Gasteiger partial charge in [-0.05, 0) is 30.7 Å². The summed E-state index contributed by atoms with van der Waals surface area (Å²) in [5, 5.41) is 0.373. The molecule has 96 valence electrons. The smallest absolute Gasteiger partial charge is 0.129 e. The zero-order chi connectivity index (χ0) is 13.0. The summed E-state index contributed by atoms with van der Waals surface area (Å²) in [5.41, 5.74) is 3.12. The van der Waals surface area contributed by atoms with Gasteiger partial charge in [-0.2, -0.15) is 0 Å². The van der Waals surface area contributed by atoms with Crippen molar-refractivity contribution in [2.45, 2.75) is 18.9 Å². The minimum absolute atomic E-state index is 0.271. The molecule has 0 amide bonds. The van der Waals surface area contributed by atoms with Gasteiger partial charge in [0.1, 0.15) is 11.6 Å². The van der Waals surface area contributed by atoms with Crippen LogP contribution in [0.25, 0.3) is 0 Å². The number of benzene rings is 1. The number of rotatable bonds is 5. The molecule has 0 spiro atoms. The molecule has 2 rings (SSSR count). The normalized spacial score (nSPS) is 12.6. The van der Waals surface area contributed by atoms with Crippen LogP contribution < -0.4 is 11.3 Å². The predicted molar refractivity (Wildman–Crippen MR) is 68.5 cm³/mol. The zero-order valence-corrected chi connectivity index (χ0v) is 10.5. The molecular formula is C13H14ClFN2O. The fourth-order valence-corrected chi connectivity index (χ4v) is 2.01. The van der Waals surface area contributed by atoms with Crippen LogP contribution in [0.2, 0.25) is 5.02 Å². The van der Waals surface area contributed by atoms with E-state index in [4.69, 9.17) is 21.9 Å². The summed E-state index contributed by atoms with van der Waals surface area (Å²) in [6, 6.07) is 8.01. The lowest BCUT2D eigenvalue weighted by Crippen LogP contribution is -2.29. The minimum Gasteiger partial charge on any atom is -0.469 e. The van der Waals surface area contributed by atoms with Gasteiger partial charge in [0.15, 0.2) is 0 Å². The monoisotopic (exact) mass is 268 g/mol. The molecule has 1 unspecified atom stereocenters. The summed E-state index contributed by atoms with van der Waals surface area (Å²) < 4.78 is 19.0. The standard InChI is InChI=1S/C13H14ClFN2O/c14-9-3-5-11(12(15)8-9)13(17-16)6-4-10-2-1-7-18-10/h1-3,5,7-8,13,17H,4,6,16H2. The molecule has 3 nitrogen and oxygen atoms in total. The summed E-state index contributed by atoms with van der Waals surface area (Å²) >= 11 is 5.72. The van der Waals surface area contributed by atoms with Crippen LogP contribution >= 0.6 is 11.6 Å². The molecule has 3 N–H and O–H groups in total. The highest BCUT2D eigenvalue weighted by Crippen LogP contribution is 2.24. The van der Waals surface area contributed by atoms with Crippen molar-refractivity contribution in [3.05, 3.63) is 58.8 Å². The molecule has 0 aliphatic rings. The number of nitrogens with two attached hydrogens (primary N) is 1. The third-order valence-electron chi connectivity index (χ3n) is 2.80. The third-order valence-corrected chi connectivity index (χ3v) is 3.03. The van der Waals surface area contributed by atoms with Gasteiger partial charge in [0.05, 0.1) is 6.26 Å². The Morgan fingerprint density at radius 2 is 2.22 bits per heavy atom. The van der Waals surface area contributed by atoms with Crippen molar-refractivity contribution in [1.29, 1.82) is 0 Å². The number of hydrazine groups is 1. The van der Waals surface area contributed by atoms with E-state index in [-0.39, 0.29) is 11.9 Å². The number of hydrogen-bond acceptors (Lipinski definition) is 3. The van der Waals surface area contributed by atoms with E-state index in [0.29, 0.717) is 23.4 Å². The SMILES string of the molecule is NNC(CCc1ccco1)c1ccc(Cl)cc1F. The summed E-state index contributed by atoms with van der Waals surface area (Å²) in [7, 11) is 0. The molecule has 0 aliphatic heterocycles. The Bertz CT molecular complexity index is 502. The van der Waals surface area contributed by atoms with Gasteiger partial charge in [-0.1, -0.05) is 17.7 Å². The van der Waals surface area contributed by atoms with Crippen LogP contribution in [0.5, 0.6) is 0 Å². The first-order chi connectivity index (χ1) is 8.70. The molecule has 0 fully saturated rings. The van der Waals surface area contributed by atoms with Gasteiger partial charge in [-0.3, -0.25) is 11.3 Å². The molecular weight excluding hydrogens is 255 g/mol. The molecule has 0 aliphatic carbocycles. The van der Waals surface area contributed by atoms with Gasteiger partial charge in [0, 0.05) is 23.0 Å². The lowest BCUT2D eigenvalue weighted by Gasteiger charge is -2.16. The maximum atomic E-state index is 13.7. The second-order valence-electron chi connectivity index (χ2n) is 4.00. The molecule has 1 heterocycles. The Hall–Kier alpha value is -1.36. The summed E-state index contributed by atoms with van der Waals surface area (Å²) in [6.07, 6.45) is 2.94. The number of nitrogens with one attached hydrogen (secondary N) is 1. The lowest BCUT2D eigenvalue weighted by molar-refractivity contribution is 0.446. The van der Waals surface area contributed by atoms with E-state index in [1.807, 2.05) is 12.1 Å². The molecule has 0 bridgehead atoms. The topological polar surface area (TPSA) is 51.2 Å². The van der Waals surface area contributed by atoms with Gasteiger partial charge in [0.2, 0.25) is 0 Å². The fourth-order valence-electron chi connectivity index (χ4n) is 1.85. The molecule has 18 heavy (non-hydrogen) atoms. The first-order valence-corrected chi connectivity index (χ1v) is 6.02. The number of furan rings is 1. The Morgan fingerprint density at radius 1 is 1.39 bits per heavy atom. The first-order valence-electron chi connectivity index (χ1n) is 5.64. The largest absolute Gasteiger partial charge is 0.469 e. The van der Waals surface area contributed by atoms with E-state index in [0.717, 1.165) is 5.76 Å². The van der Waals surface area contributed by atoms with Crippen LogP contribution in [0.15, 0.2) is 41.0 Å². The maximum Gasteiger partial charge on any atom is 0.129 e. The number of halogens is 2. The van der Waals surface area contributed by atoms with E-state index in [1.165, 1.54) is 6.07 Å². The summed E-state index contributed by atoms with van der Waals surface area (Å²) in [4.78, 5) is 0. The Kier molecular flexibility index (Phi) is 4.36. The van der Waals surface area contributed by atoms with Crippen molar-refractivity contribution < 1.29 is 8.81 Å². The first kappa shape index (κ1) is 13.1. The highest BCUT2D eigenvalue weighted by atomic mass is 35.5. The molecule has 5 heteroatoms. The quantitative estimate of drug-likeness (QED) is 0.647. The van der Waals surface area contributed by atoms with Gasteiger partial charge in [-0.15, -0.1) is 0 Å². The van der Waals surface area contributed by atoms with Crippen molar-refractivity contribution in [3.63, 3.8) is 0 Å². The van der Waals surface area contributed by atoms with E-state index in [2.05, 4.69) is 5.43 Å². The summed E-state index contributed by atoms with van der Waals surface area (Å²) in [5.74, 6) is 5.97. The van der Waals surface area contributed by atoms with Crippen molar-refractivity contribution in [2.24, 2.45) is 5.84 Å². The maximum absolute atomic E-state index is 13.7.